The van der Waals surface area contributed by atoms with Crippen LogP contribution >= 0.6 is 0 Å². The average molecular weight is 466 g/mol. The predicted octanol–water partition coefficient (Wildman–Crippen LogP) is 2.73. The van der Waals surface area contributed by atoms with Gasteiger partial charge in [-0.05, 0) is 49.8 Å². The molecule has 7 nitrogen and oxygen atoms in total. The Morgan fingerprint density at radius 3 is 2.35 bits per heavy atom. The molecule has 0 aliphatic carbocycles. The number of hydrogen-bond donors (Lipinski definition) is 2. The summed E-state index contributed by atoms with van der Waals surface area (Å²) in [5.41, 5.74) is 2.74. The van der Waals surface area contributed by atoms with Crippen LogP contribution in [0.2, 0.25) is 0 Å². The van der Waals surface area contributed by atoms with E-state index in [1.807, 2.05) is 54.3 Å². The molecule has 1 atom stereocenters. The van der Waals surface area contributed by atoms with Crippen molar-refractivity contribution < 1.29 is 19.1 Å². The molecular formula is C27H35N3O4. The highest BCUT2D eigenvalue weighted by Crippen LogP contribution is 2.22. The topological polar surface area (TPSA) is 87.7 Å². The standard InChI is InChI=1S/C27H35N3O4/c1-20-8-11-23(12-9-20)26(32)29-25(27(33)28-16-19-34-2)22-14-17-30(18-15-22)24(31)13-10-21-6-4-3-5-7-21/h3-9,11-12,22,25H,10,13-19H2,1-2H3,(H,28,33)(H,29,32). The van der Waals surface area contributed by atoms with Gasteiger partial charge < -0.3 is 20.3 Å². The van der Waals surface area contributed by atoms with Gasteiger partial charge >= 0.3 is 0 Å². The molecule has 0 bridgehead atoms. The highest BCUT2D eigenvalue weighted by atomic mass is 16.5. The van der Waals surface area contributed by atoms with Crippen LogP contribution < -0.4 is 10.6 Å². The number of rotatable bonds is 10. The van der Waals surface area contributed by atoms with Crippen molar-refractivity contribution in [3.8, 4) is 0 Å². The van der Waals surface area contributed by atoms with Crippen LogP contribution in [0.3, 0.4) is 0 Å². The fraction of sp³-hybridized carbons (Fsp3) is 0.444. The monoisotopic (exact) mass is 465 g/mol. The van der Waals surface area contributed by atoms with E-state index in [4.69, 9.17) is 4.74 Å². The summed E-state index contributed by atoms with van der Waals surface area (Å²) >= 11 is 0. The van der Waals surface area contributed by atoms with Gasteiger partial charge in [0.05, 0.1) is 6.61 Å². The second kappa shape index (κ2) is 12.9. The van der Waals surface area contributed by atoms with Crippen molar-refractivity contribution in [2.75, 3.05) is 33.4 Å². The minimum absolute atomic E-state index is 0.0462. The second-order valence-corrected chi connectivity index (χ2v) is 8.80. The molecule has 0 saturated carbocycles. The van der Waals surface area contributed by atoms with Gasteiger partial charge in [-0.1, -0.05) is 48.0 Å². The molecule has 182 valence electrons. The first kappa shape index (κ1) is 25.4. The van der Waals surface area contributed by atoms with Crippen LogP contribution in [-0.2, 0) is 20.7 Å². The third kappa shape index (κ3) is 7.42. The van der Waals surface area contributed by atoms with Gasteiger partial charge in [0.1, 0.15) is 6.04 Å². The van der Waals surface area contributed by atoms with E-state index < -0.39 is 6.04 Å². The van der Waals surface area contributed by atoms with Crippen molar-refractivity contribution in [2.45, 2.75) is 38.6 Å². The lowest BCUT2D eigenvalue weighted by molar-refractivity contribution is -0.133. The number of piperidine rings is 1. The summed E-state index contributed by atoms with van der Waals surface area (Å²) in [5, 5.41) is 5.80. The number of likely N-dealkylation sites (tertiary alicyclic amines) is 1. The van der Waals surface area contributed by atoms with E-state index in [1.165, 1.54) is 0 Å². The van der Waals surface area contributed by atoms with E-state index in [-0.39, 0.29) is 23.6 Å². The van der Waals surface area contributed by atoms with Gasteiger partial charge in [0.15, 0.2) is 0 Å². The quantitative estimate of drug-likeness (QED) is 0.528. The Hall–Kier alpha value is -3.19. The van der Waals surface area contributed by atoms with Crippen molar-refractivity contribution in [3.63, 3.8) is 0 Å². The molecule has 3 amide bonds. The Morgan fingerprint density at radius 2 is 1.71 bits per heavy atom. The summed E-state index contributed by atoms with van der Waals surface area (Å²) in [4.78, 5) is 40.4. The van der Waals surface area contributed by atoms with E-state index in [2.05, 4.69) is 10.6 Å². The average Bonchev–Trinajstić information content (AvgIpc) is 2.87. The first-order valence-corrected chi connectivity index (χ1v) is 11.9. The molecule has 2 aromatic carbocycles. The van der Waals surface area contributed by atoms with Crippen molar-refractivity contribution >= 4 is 17.7 Å². The van der Waals surface area contributed by atoms with Crippen molar-refractivity contribution in [1.29, 1.82) is 0 Å². The SMILES string of the molecule is COCCNC(=O)C(NC(=O)c1ccc(C)cc1)C1CCN(C(=O)CCc2ccccc2)CC1. The first-order chi connectivity index (χ1) is 16.5. The Kier molecular flexibility index (Phi) is 9.64. The number of benzene rings is 2. The summed E-state index contributed by atoms with van der Waals surface area (Å²) in [6.07, 6.45) is 2.51. The molecule has 1 saturated heterocycles. The second-order valence-electron chi connectivity index (χ2n) is 8.80. The number of nitrogens with zero attached hydrogens (tertiary/aromatic N) is 1. The Bertz CT molecular complexity index is 938. The number of nitrogens with one attached hydrogen (secondary N) is 2. The summed E-state index contributed by atoms with van der Waals surface area (Å²) in [6.45, 7) is 3.91. The zero-order valence-corrected chi connectivity index (χ0v) is 20.1. The zero-order chi connectivity index (χ0) is 24.3. The van der Waals surface area contributed by atoms with Crippen LogP contribution in [-0.4, -0.2) is 62.0 Å². The van der Waals surface area contributed by atoms with E-state index in [9.17, 15) is 14.4 Å². The normalized spacial score (nSPS) is 14.9. The van der Waals surface area contributed by atoms with Gasteiger partial charge in [-0.15, -0.1) is 0 Å². The van der Waals surface area contributed by atoms with Crippen molar-refractivity contribution in [1.82, 2.24) is 15.5 Å². The lowest BCUT2D eigenvalue weighted by atomic mass is 9.88. The summed E-state index contributed by atoms with van der Waals surface area (Å²) in [7, 11) is 1.58. The largest absolute Gasteiger partial charge is 0.383 e. The minimum atomic E-state index is -0.660. The van der Waals surface area contributed by atoms with Crippen LogP contribution in [0.5, 0.6) is 0 Å². The summed E-state index contributed by atoms with van der Waals surface area (Å²) in [5.74, 6) is -0.401. The van der Waals surface area contributed by atoms with Crippen LogP contribution in [0.25, 0.3) is 0 Å². The number of ether oxygens (including phenoxy) is 1. The molecular weight excluding hydrogens is 430 g/mol. The van der Waals surface area contributed by atoms with Crippen LogP contribution in [0, 0.1) is 12.8 Å². The fourth-order valence-corrected chi connectivity index (χ4v) is 4.25. The number of hydrogen-bond acceptors (Lipinski definition) is 4. The Labute approximate surface area is 201 Å². The van der Waals surface area contributed by atoms with Crippen molar-refractivity contribution in [2.24, 2.45) is 5.92 Å². The summed E-state index contributed by atoms with van der Waals surface area (Å²) in [6, 6.07) is 16.6. The molecule has 34 heavy (non-hydrogen) atoms. The zero-order valence-electron chi connectivity index (χ0n) is 20.1. The maximum atomic E-state index is 13.0. The Morgan fingerprint density at radius 1 is 1.03 bits per heavy atom. The maximum absolute atomic E-state index is 13.0. The maximum Gasteiger partial charge on any atom is 0.251 e. The molecule has 2 aromatic rings. The van der Waals surface area contributed by atoms with Gasteiger partial charge in [-0.25, -0.2) is 0 Å². The van der Waals surface area contributed by atoms with E-state index in [1.54, 1.807) is 19.2 Å². The van der Waals surface area contributed by atoms with E-state index in [0.717, 1.165) is 17.5 Å². The van der Waals surface area contributed by atoms with Gasteiger partial charge in [0.25, 0.3) is 5.91 Å². The smallest absolute Gasteiger partial charge is 0.251 e. The highest BCUT2D eigenvalue weighted by Gasteiger charge is 2.33. The number of carbonyl (C=O) groups is 3. The molecule has 0 spiro atoms. The third-order valence-corrected chi connectivity index (χ3v) is 6.32. The minimum Gasteiger partial charge on any atom is -0.383 e. The first-order valence-electron chi connectivity index (χ1n) is 11.9. The van der Waals surface area contributed by atoms with Crippen LogP contribution in [0.15, 0.2) is 54.6 Å². The molecule has 2 N–H and O–H groups in total. The molecule has 1 heterocycles. The number of carbonyl (C=O) groups excluding carboxylic acids is 3. The van der Waals surface area contributed by atoms with Crippen molar-refractivity contribution in [3.05, 3.63) is 71.3 Å². The van der Waals surface area contributed by atoms with Gasteiger partial charge in [-0.3, -0.25) is 14.4 Å². The third-order valence-electron chi connectivity index (χ3n) is 6.32. The highest BCUT2D eigenvalue weighted by molar-refractivity contribution is 5.97. The van der Waals surface area contributed by atoms with Gasteiger partial charge in [-0.2, -0.15) is 0 Å². The van der Waals surface area contributed by atoms with Crippen LogP contribution in [0.1, 0.15) is 40.7 Å². The Balaban J connectivity index is 1.58. The lowest BCUT2D eigenvalue weighted by Crippen LogP contribution is -2.54. The molecule has 0 radical (unpaired) electrons. The molecule has 1 aliphatic heterocycles. The predicted molar refractivity (Wildman–Crippen MR) is 131 cm³/mol. The molecule has 7 heteroatoms. The number of amides is 3. The van der Waals surface area contributed by atoms with E-state index >= 15 is 0 Å². The van der Waals surface area contributed by atoms with Crippen LogP contribution in [0.4, 0.5) is 0 Å². The molecule has 1 fully saturated rings. The molecule has 0 aromatic heterocycles. The van der Waals surface area contributed by atoms with Gasteiger partial charge in [0, 0.05) is 38.7 Å². The fourth-order valence-electron chi connectivity index (χ4n) is 4.25. The lowest BCUT2D eigenvalue weighted by Gasteiger charge is -2.36. The number of methoxy groups -OCH3 is 1. The molecule has 1 unspecified atom stereocenters. The molecule has 1 aliphatic rings. The van der Waals surface area contributed by atoms with Gasteiger partial charge in [0.2, 0.25) is 11.8 Å². The van der Waals surface area contributed by atoms with E-state index in [0.29, 0.717) is 51.1 Å². The molecule has 3 rings (SSSR count). The number of aryl methyl sites for hydroxylation is 2. The summed E-state index contributed by atoms with van der Waals surface area (Å²) < 4.78 is 5.03.